The number of ether oxygens (including phenoxy) is 1. The number of guanidine groups is 1. The molecule has 4 N–H and O–H groups in total. The highest BCUT2D eigenvalue weighted by atomic mass is 127. The van der Waals surface area contributed by atoms with Gasteiger partial charge in [0.1, 0.15) is 17.5 Å². The van der Waals surface area contributed by atoms with Crippen molar-refractivity contribution >= 4 is 35.8 Å². The summed E-state index contributed by atoms with van der Waals surface area (Å²) < 4.78 is 7.44. The van der Waals surface area contributed by atoms with Crippen molar-refractivity contribution in [2.45, 2.75) is 45.1 Å². The highest BCUT2D eigenvalue weighted by Crippen LogP contribution is 2.24. The molecule has 3 rings (SSSR count). The molecule has 0 amide bonds. The van der Waals surface area contributed by atoms with Gasteiger partial charge in [-0.3, -0.25) is 4.99 Å². The summed E-state index contributed by atoms with van der Waals surface area (Å²) >= 11 is 0. The van der Waals surface area contributed by atoms with E-state index in [1.807, 2.05) is 31.2 Å². The molecule has 31 heavy (non-hydrogen) atoms. The molecule has 1 fully saturated rings. The predicted molar refractivity (Wildman–Crippen MR) is 134 cm³/mol. The van der Waals surface area contributed by atoms with Crippen LogP contribution in [-0.2, 0) is 11.2 Å². The second-order valence-corrected chi connectivity index (χ2v) is 7.92. The first-order chi connectivity index (χ1) is 14.5. The normalized spacial score (nSPS) is 18.3. The monoisotopic (exact) mass is 537 g/mol. The Morgan fingerprint density at radius 2 is 2.10 bits per heavy atom. The molecule has 0 radical (unpaired) electrons. The summed E-state index contributed by atoms with van der Waals surface area (Å²) in [6.45, 7) is 6.41. The van der Waals surface area contributed by atoms with Gasteiger partial charge in [0.05, 0.1) is 17.0 Å². The lowest BCUT2D eigenvalue weighted by Crippen LogP contribution is -2.45. The molecule has 1 aromatic carbocycles. The van der Waals surface area contributed by atoms with Crippen molar-refractivity contribution in [2.24, 2.45) is 4.99 Å². The Morgan fingerprint density at radius 1 is 1.35 bits per heavy atom. The van der Waals surface area contributed by atoms with Crippen molar-refractivity contribution in [3.8, 4) is 11.8 Å². The van der Waals surface area contributed by atoms with Crippen LogP contribution in [-0.4, -0.2) is 48.1 Å². The number of nitrogens with one attached hydrogen (secondary N) is 2. The third-order valence-corrected chi connectivity index (χ3v) is 5.42. The minimum absolute atomic E-state index is 0. The number of nitrogen functional groups attached to an aromatic ring is 1. The molecule has 8 nitrogen and oxygen atoms in total. The zero-order chi connectivity index (χ0) is 21.6. The van der Waals surface area contributed by atoms with Gasteiger partial charge in [0, 0.05) is 26.7 Å². The quantitative estimate of drug-likeness (QED) is 0.217. The van der Waals surface area contributed by atoms with Gasteiger partial charge in [0.2, 0.25) is 0 Å². The summed E-state index contributed by atoms with van der Waals surface area (Å²) in [5.74, 6) is 1.13. The maximum atomic E-state index is 9.54. The molecule has 0 bridgehead atoms. The largest absolute Gasteiger partial charge is 0.382 e. The van der Waals surface area contributed by atoms with Crippen LogP contribution in [0, 0.1) is 18.3 Å². The van der Waals surface area contributed by atoms with Gasteiger partial charge in [-0.05, 0) is 51.7 Å². The Labute approximate surface area is 201 Å². The van der Waals surface area contributed by atoms with E-state index in [1.54, 1.807) is 11.7 Å². The van der Waals surface area contributed by atoms with E-state index in [0.717, 1.165) is 49.6 Å². The Morgan fingerprint density at radius 3 is 2.71 bits per heavy atom. The lowest BCUT2D eigenvalue weighted by Gasteiger charge is -2.24. The fourth-order valence-corrected chi connectivity index (χ4v) is 3.59. The van der Waals surface area contributed by atoms with Crippen LogP contribution in [0.4, 0.5) is 5.82 Å². The molecular formula is C22H32IN7O. The summed E-state index contributed by atoms with van der Waals surface area (Å²) in [5, 5.41) is 20.8. The number of nitrogens with two attached hydrogens (primary N) is 1. The Kier molecular flexibility index (Phi) is 9.13. The molecule has 0 saturated carbocycles. The lowest BCUT2D eigenvalue weighted by atomic mass is 10.0. The first-order valence-corrected chi connectivity index (χ1v) is 10.4. The maximum absolute atomic E-state index is 9.54. The number of rotatable bonds is 7. The van der Waals surface area contributed by atoms with E-state index < -0.39 is 0 Å². The summed E-state index contributed by atoms with van der Waals surface area (Å²) in [7, 11) is 1.75. The first kappa shape index (κ1) is 24.9. The molecule has 2 heterocycles. The van der Waals surface area contributed by atoms with E-state index in [9.17, 15) is 5.26 Å². The van der Waals surface area contributed by atoms with Crippen LogP contribution in [0.25, 0.3) is 5.69 Å². The minimum atomic E-state index is -0.125. The van der Waals surface area contributed by atoms with Crippen LogP contribution in [0.15, 0.2) is 29.3 Å². The second kappa shape index (κ2) is 11.3. The highest BCUT2D eigenvalue weighted by Gasteiger charge is 2.29. The predicted octanol–water partition coefficient (Wildman–Crippen LogP) is 2.92. The number of nitrogens with zero attached hydrogens (tertiary/aromatic N) is 4. The fraction of sp³-hybridized carbons (Fsp3) is 0.500. The zero-order valence-electron chi connectivity index (χ0n) is 18.4. The molecule has 168 valence electrons. The second-order valence-electron chi connectivity index (χ2n) is 7.92. The van der Waals surface area contributed by atoms with E-state index in [4.69, 9.17) is 10.5 Å². The Balaban J connectivity index is 0.00000341. The third-order valence-electron chi connectivity index (χ3n) is 5.42. The number of aryl methyl sites for hydroxylation is 2. The van der Waals surface area contributed by atoms with Crippen molar-refractivity contribution in [3.05, 3.63) is 41.1 Å². The average molecular weight is 537 g/mol. The zero-order valence-corrected chi connectivity index (χ0v) is 20.8. The Hall–Kier alpha value is -2.32. The molecule has 9 heteroatoms. The summed E-state index contributed by atoms with van der Waals surface area (Å²) in [5.41, 5.74) is 9.24. The number of hydrogen-bond acceptors (Lipinski definition) is 5. The SMILES string of the molecule is CN=C(NCCCc1nn(-c2ccc(C)cc2)c(N)c1C#N)NCC1(C)CCCO1.I. The summed E-state index contributed by atoms with van der Waals surface area (Å²) in [4.78, 5) is 4.27. The number of anilines is 1. The highest BCUT2D eigenvalue weighted by molar-refractivity contribution is 14.0. The Bertz CT molecular complexity index is 925. The first-order valence-electron chi connectivity index (χ1n) is 10.4. The standard InChI is InChI=1S/C22H31N7O.HI/c1-16-7-9-17(10-8-16)29-20(24)18(14-23)19(28-29)6-4-12-26-21(25-3)27-15-22(2)11-5-13-30-22;/h7-10H,4-6,11-13,15,24H2,1-3H3,(H2,25,26,27);1H. The van der Waals surface area contributed by atoms with Crippen molar-refractivity contribution in [3.63, 3.8) is 0 Å². The number of halogens is 1. The van der Waals surface area contributed by atoms with E-state index in [2.05, 4.69) is 33.7 Å². The van der Waals surface area contributed by atoms with Gasteiger partial charge < -0.3 is 21.1 Å². The number of hydrogen-bond donors (Lipinski definition) is 3. The third kappa shape index (κ3) is 6.33. The van der Waals surface area contributed by atoms with E-state index in [-0.39, 0.29) is 29.6 Å². The maximum Gasteiger partial charge on any atom is 0.191 e. The minimum Gasteiger partial charge on any atom is -0.382 e. The molecule has 2 aromatic rings. The molecule has 0 aliphatic carbocycles. The van der Waals surface area contributed by atoms with Gasteiger partial charge in [-0.15, -0.1) is 24.0 Å². The van der Waals surface area contributed by atoms with E-state index in [0.29, 0.717) is 30.0 Å². The molecule has 1 unspecified atom stereocenters. The molecule has 1 aliphatic rings. The van der Waals surface area contributed by atoms with Crippen LogP contribution < -0.4 is 16.4 Å². The molecule has 1 saturated heterocycles. The molecule has 0 spiro atoms. The summed E-state index contributed by atoms with van der Waals surface area (Å²) in [6.07, 6.45) is 3.60. The molecular weight excluding hydrogens is 505 g/mol. The number of aromatic nitrogens is 2. The van der Waals surface area contributed by atoms with Gasteiger partial charge in [0.25, 0.3) is 0 Å². The van der Waals surface area contributed by atoms with Crippen LogP contribution in [0.2, 0.25) is 0 Å². The van der Waals surface area contributed by atoms with Gasteiger partial charge in [0.15, 0.2) is 5.96 Å². The lowest BCUT2D eigenvalue weighted by molar-refractivity contribution is 0.0243. The van der Waals surface area contributed by atoms with Gasteiger partial charge in [-0.2, -0.15) is 10.4 Å². The van der Waals surface area contributed by atoms with E-state index >= 15 is 0 Å². The number of aliphatic imine (C=N–C) groups is 1. The fourth-order valence-electron chi connectivity index (χ4n) is 3.59. The van der Waals surface area contributed by atoms with E-state index in [1.165, 1.54) is 0 Å². The number of nitriles is 1. The summed E-state index contributed by atoms with van der Waals surface area (Å²) in [6, 6.07) is 10.1. The molecule has 1 aromatic heterocycles. The molecule has 1 aliphatic heterocycles. The molecule has 1 atom stereocenters. The van der Waals surface area contributed by atoms with Crippen molar-refractivity contribution in [1.82, 2.24) is 20.4 Å². The number of benzene rings is 1. The van der Waals surface area contributed by atoms with Gasteiger partial charge in [-0.1, -0.05) is 17.7 Å². The van der Waals surface area contributed by atoms with Crippen LogP contribution in [0.3, 0.4) is 0 Å². The van der Waals surface area contributed by atoms with Crippen molar-refractivity contribution in [2.75, 3.05) is 32.5 Å². The van der Waals surface area contributed by atoms with Gasteiger partial charge >= 0.3 is 0 Å². The van der Waals surface area contributed by atoms with Crippen molar-refractivity contribution < 1.29 is 4.74 Å². The smallest absolute Gasteiger partial charge is 0.191 e. The topological polar surface area (TPSA) is 113 Å². The van der Waals surface area contributed by atoms with Crippen LogP contribution in [0.1, 0.15) is 43.0 Å². The average Bonchev–Trinajstić information content (AvgIpc) is 3.31. The van der Waals surface area contributed by atoms with Gasteiger partial charge in [-0.25, -0.2) is 4.68 Å². The van der Waals surface area contributed by atoms with Crippen LogP contribution in [0.5, 0.6) is 0 Å². The van der Waals surface area contributed by atoms with Crippen molar-refractivity contribution in [1.29, 1.82) is 5.26 Å². The van der Waals surface area contributed by atoms with Crippen LogP contribution >= 0.6 is 24.0 Å².